The van der Waals surface area contributed by atoms with E-state index in [1.807, 2.05) is 216 Å². The molecule has 0 saturated heterocycles. The van der Waals surface area contributed by atoms with Crippen LogP contribution < -0.4 is 14.2 Å². The summed E-state index contributed by atoms with van der Waals surface area (Å²) in [5.74, 6) is 1.19. The van der Waals surface area contributed by atoms with Crippen molar-refractivity contribution < 1.29 is 31.8 Å². The van der Waals surface area contributed by atoms with Crippen LogP contribution in [0.3, 0.4) is 0 Å². The Labute approximate surface area is 656 Å². The van der Waals surface area contributed by atoms with E-state index in [1.54, 1.807) is 60.7 Å². The molecular formula is C101H138F4O3. The van der Waals surface area contributed by atoms with Crippen molar-refractivity contribution in [3.8, 4) is 50.6 Å². The van der Waals surface area contributed by atoms with Crippen molar-refractivity contribution in [3.05, 3.63) is 339 Å². The average molecular weight is 1480 g/mol. The Morgan fingerprint density at radius 3 is 0.630 bits per heavy atom. The lowest BCUT2D eigenvalue weighted by atomic mass is 10.0. The van der Waals surface area contributed by atoms with Crippen LogP contribution in [0.25, 0.3) is 45.5 Å². The van der Waals surface area contributed by atoms with Gasteiger partial charge >= 0.3 is 12.2 Å². The quantitative estimate of drug-likeness (QED) is 0.0802. The standard InChI is InChI=1S/C22H20.C21H18F2O.C21H20O.C15H14F2O.11C2H6/c1-17-3-7-19(8-4-17)9-10-20-11-15-22(16-12-20)21-13-5-18(2)6-14-21;1-15-3-7-17(8-4-15)18-9-13-20(14-10-18)24-21(22,23)19-11-5-16(2)6-12-19;1-16-3-7-18(8-4-16)15-22-21-13-11-20(12-14-21)19-9-5-17(2)6-10-19;1-11-3-7-13(8-4-11)15(16,17)18-14-9-5-12(2)6-10-14;11*1-2/h3-16H,1-2H3;3-14H,1-2H3;3-14H,15H2,1-2H3;3-10H,1-2H3;11*1-2H3/b10-9+;;;;;;;;;;;;;;. The highest BCUT2D eigenvalue weighted by molar-refractivity contribution is 5.72. The fourth-order valence-corrected chi connectivity index (χ4v) is 8.72. The van der Waals surface area contributed by atoms with Gasteiger partial charge in [0, 0.05) is 0 Å². The van der Waals surface area contributed by atoms with Crippen LogP contribution >= 0.6 is 0 Å². The molecular weight excluding hydrogens is 1340 g/mol. The molecule has 0 bridgehead atoms. The molecule has 11 aromatic carbocycles. The van der Waals surface area contributed by atoms with Gasteiger partial charge < -0.3 is 14.2 Å². The molecule has 11 aromatic rings. The zero-order valence-electron chi connectivity index (χ0n) is 72.0. The molecule has 0 N–H and O–H groups in total. The Bertz CT molecular complexity index is 3840. The molecule has 0 fully saturated rings. The van der Waals surface area contributed by atoms with Crippen molar-refractivity contribution in [3.63, 3.8) is 0 Å². The van der Waals surface area contributed by atoms with Crippen molar-refractivity contribution in [2.45, 2.75) is 227 Å². The number of benzene rings is 11. The Morgan fingerprint density at radius 1 is 0.213 bits per heavy atom. The van der Waals surface area contributed by atoms with Crippen molar-refractivity contribution in [1.82, 2.24) is 0 Å². The van der Waals surface area contributed by atoms with Crippen LogP contribution in [0.2, 0.25) is 0 Å². The molecule has 0 saturated carbocycles. The first-order valence-electron chi connectivity index (χ1n) is 39.6. The number of ether oxygens (including phenoxy) is 3. The third-order valence-electron chi connectivity index (χ3n) is 14.1. The monoisotopic (exact) mass is 1480 g/mol. The number of rotatable bonds is 14. The Kier molecular flexibility index (Phi) is 62.4. The third kappa shape index (κ3) is 42.0. The average Bonchev–Trinajstić information content (AvgIpc) is 0.829. The van der Waals surface area contributed by atoms with Crippen molar-refractivity contribution in [2.24, 2.45) is 0 Å². The second-order valence-corrected chi connectivity index (χ2v) is 21.6. The van der Waals surface area contributed by atoms with Crippen molar-refractivity contribution in [1.29, 1.82) is 0 Å². The summed E-state index contributed by atoms with van der Waals surface area (Å²) in [6.45, 7) is 60.6. The van der Waals surface area contributed by atoms with Crippen LogP contribution in [0.1, 0.15) is 225 Å². The van der Waals surface area contributed by atoms with Crippen LogP contribution in [0.15, 0.2) is 267 Å². The van der Waals surface area contributed by atoms with Gasteiger partial charge in [-0.1, -0.05) is 415 Å². The van der Waals surface area contributed by atoms with Crippen molar-refractivity contribution >= 4 is 12.2 Å². The van der Waals surface area contributed by atoms with Gasteiger partial charge in [0.15, 0.2) is 0 Å². The van der Waals surface area contributed by atoms with E-state index in [-0.39, 0.29) is 22.6 Å². The smallest absolute Gasteiger partial charge is 0.426 e. The zero-order chi connectivity index (χ0) is 83.1. The fourth-order valence-electron chi connectivity index (χ4n) is 8.72. The topological polar surface area (TPSA) is 27.7 Å². The number of halogens is 4. The number of alkyl halides is 4. The van der Waals surface area contributed by atoms with Gasteiger partial charge in [-0.2, -0.15) is 17.6 Å². The lowest BCUT2D eigenvalue weighted by Crippen LogP contribution is -2.21. The summed E-state index contributed by atoms with van der Waals surface area (Å²) in [5, 5.41) is 0. The summed E-state index contributed by atoms with van der Waals surface area (Å²) in [6.07, 6.45) is -2.37. The molecule has 108 heavy (non-hydrogen) atoms. The molecule has 11 rings (SSSR count). The molecule has 0 aliphatic rings. The maximum Gasteiger partial charge on any atom is 0.426 e. The highest BCUT2D eigenvalue weighted by atomic mass is 19.3. The highest BCUT2D eigenvalue weighted by Crippen LogP contribution is 2.34. The normalized spacial score (nSPS) is 9.39. The summed E-state index contributed by atoms with van der Waals surface area (Å²) < 4.78 is 71.6. The molecule has 0 aromatic heterocycles. The number of hydrogen-bond acceptors (Lipinski definition) is 3. The van der Waals surface area contributed by atoms with E-state index in [1.165, 1.54) is 103 Å². The second-order valence-electron chi connectivity index (χ2n) is 21.6. The van der Waals surface area contributed by atoms with Crippen LogP contribution in [0.4, 0.5) is 17.6 Å². The molecule has 0 aliphatic heterocycles. The molecule has 0 heterocycles. The molecule has 7 heteroatoms. The van der Waals surface area contributed by atoms with Gasteiger partial charge in [0.2, 0.25) is 0 Å². The molecule has 0 radical (unpaired) electrons. The minimum Gasteiger partial charge on any atom is -0.489 e. The largest absolute Gasteiger partial charge is 0.489 e. The Hall–Kier alpha value is -9.72. The van der Waals surface area contributed by atoms with Crippen LogP contribution in [-0.4, -0.2) is 0 Å². The van der Waals surface area contributed by atoms with Gasteiger partial charge in [-0.15, -0.1) is 0 Å². The Balaban J connectivity index is -0.000000615. The first-order chi connectivity index (χ1) is 52.3. The molecule has 0 amide bonds. The lowest BCUT2D eigenvalue weighted by molar-refractivity contribution is -0.186. The van der Waals surface area contributed by atoms with E-state index in [4.69, 9.17) is 14.2 Å². The van der Waals surface area contributed by atoms with E-state index in [9.17, 15) is 17.6 Å². The zero-order valence-corrected chi connectivity index (χ0v) is 72.0. The van der Waals surface area contributed by atoms with E-state index in [0.717, 1.165) is 33.6 Å². The predicted octanol–water partition coefficient (Wildman–Crippen LogP) is 33.5. The van der Waals surface area contributed by atoms with Gasteiger partial charge in [-0.25, -0.2) is 0 Å². The molecule has 0 atom stereocenters. The molecule has 3 nitrogen and oxygen atoms in total. The first kappa shape index (κ1) is 105. The van der Waals surface area contributed by atoms with E-state index in [0.29, 0.717) is 6.61 Å². The highest BCUT2D eigenvalue weighted by Gasteiger charge is 2.35. The van der Waals surface area contributed by atoms with Gasteiger partial charge in [0.25, 0.3) is 0 Å². The summed E-state index contributed by atoms with van der Waals surface area (Å²) in [5.41, 5.74) is 19.5. The second kappa shape index (κ2) is 64.5. The van der Waals surface area contributed by atoms with Gasteiger partial charge in [0.05, 0.1) is 11.1 Å². The van der Waals surface area contributed by atoms with Crippen molar-refractivity contribution in [2.75, 3.05) is 0 Å². The maximum atomic E-state index is 14.2. The molecule has 0 spiro atoms. The summed E-state index contributed by atoms with van der Waals surface area (Å²) in [6, 6.07) is 84.6. The lowest BCUT2D eigenvalue weighted by Gasteiger charge is -2.18. The third-order valence-corrected chi connectivity index (χ3v) is 14.1. The predicted molar refractivity (Wildman–Crippen MR) is 473 cm³/mol. The number of hydrogen-bond donors (Lipinski definition) is 0. The Morgan fingerprint density at radius 2 is 0.380 bits per heavy atom. The van der Waals surface area contributed by atoms with Gasteiger partial charge in [0.1, 0.15) is 23.9 Å². The SMILES string of the molecule is CC.CC.CC.CC.CC.CC.CC.CC.CC.CC.CC.Cc1ccc(-c2ccc(OC(F)(F)c3ccc(C)cc3)cc2)cc1.Cc1ccc(/C=C/c2ccc(-c3ccc(C)cc3)cc2)cc1.Cc1ccc(COc2ccc(-c3ccc(C)cc3)cc2)cc1.Cc1ccc(OC(F)(F)c2ccc(C)cc2)cc1. The van der Waals surface area contributed by atoms with Gasteiger partial charge in [-0.05, 0) is 166 Å². The maximum absolute atomic E-state index is 14.2. The van der Waals surface area contributed by atoms with Crippen LogP contribution in [0.5, 0.6) is 17.2 Å². The molecule has 0 unspecified atom stereocenters. The molecule has 0 aliphatic carbocycles. The fraction of sp³-hybridized carbons (Fsp3) is 0.327. The van der Waals surface area contributed by atoms with Crippen LogP contribution in [-0.2, 0) is 18.8 Å². The molecule has 588 valence electrons. The van der Waals surface area contributed by atoms with E-state index in [2.05, 4.69) is 173 Å². The van der Waals surface area contributed by atoms with E-state index < -0.39 is 12.2 Å². The number of aryl methyl sites for hydroxylation is 8. The summed E-state index contributed by atoms with van der Waals surface area (Å²) >= 11 is 0. The summed E-state index contributed by atoms with van der Waals surface area (Å²) in [7, 11) is 0. The minimum absolute atomic E-state index is 0.136. The summed E-state index contributed by atoms with van der Waals surface area (Å²) in [4.78, 5) is 0. The first-order valence-corrected chi connectivity index (χ1v) is 39.6. The van der Waals surface area contributed by atoms with Crippen LogP contribution in [0, 0.1) is 55.4 Å². The van der Waals surface area contributed by atoms with Gasteiger partial charge in [-0.3, -0.25) is 0 Å². The minimum atomic E-state index is -3.36. The van der Waals surface area contributed by atoms with E-state index >= 15 is 0 Å².